The van der Waals surface area contributed by atoms with E-state index >= 15 is 0 Å². The number of nitrogens with one attached hydrogen (secondary N) is 1. The van der Waals surface area contributed by atoms with Crippen LogP contribution in [0.5, 0.6) is 0 Å². The molecule has 2 heterocycles. The highest BCUT2D eigenvalue weighted by molar-refractivity contribution is 6.04. The van der Waals surface area contributed by atoms with E-state index < -0.39 is 0 Å². The molecule has 1 fully saturated rings. The standard InChI is InChI=1S/C23H28N4O/c1-26-14-7-10-19(16-26)17-27(15-13-18-8-3-2-4-9-18)23(28)22-20-11-5-6-12-21(20)24-25-22/h2-6,8-9,11-12,19H,7,10,13-17H2,1H3,(H,24,25)/t19-/m0/s1. The van der Waals surface area contributed by atoms with E-state index in [9.17, 15) is 4.79 Å². The van der Waals surface area contributed by atoms with Crippen LogP contribution in [0, 0.1) is 5.92 Å². The number of aromatic amines is 1. The minimum atomic E-state index is 0.0293. The van der Waals surface area contributed by atoms with Crippen molar-refractivity contribution < 1.29 is 4.79 Å². The smallest absolute Gasteiger partial charge is 0.275 e. The Morgan fingerprint density at radius 3 is 2.79 bits per heavy atom. The summed E-state index contributed by atoms with van der Waals surface area (Å²) in [7, 11) is 2.17. The lowest BCUT2D eigenvalue weighted by atomic mass is 9.97. The molecule has 1 N–H and O–H groups in total. The van der Waals surface area contributed by atoms with E-state index in [1.54, 1.807) is 0 Å². The van der Waals surface area contributed by atoms with Gasteiger partial charge in [0.25, 0.3) is 5.91 Å². The van der Waals surface area contributed by atoms with Crippen LogP contribution in [0.4, 0.5) is 0 Å². The van der Waals surface area contributed by atoms with Gasteiger partial charge in [0.2, 0.25) is 0 Å². The number of hydrogen-bond donors (Lipinski definition) is 1. The monoisotopic (exact) mass is 376 g/mol. The van der Waals surface area contributed by atoms with Crippen molar-refractivity contribution in [3.8, 4) is 0 Å². The first-order valence-electron chi connectivity index (χ1n) is 10.2. The summed E-state index contributed by atoms with van der Waals surface area (Å²) in [4.78, 5) is 17.8. The van der Waals surface area contributed by atoms with Crippen molar-refractivity contribution in [2.24, 2.45) is 5.92 Å². The molecule has 1 amide bonds. The maximum Gasteiger partial charge on any atom is 0.275 e. The first kappa shape index (κ1) is 18.7. The quantitative estimate of drug-likeness (QED) is 0.715. The largest absolute Gasteiger partial charge is 0.337 e. The fourth-order valence-electron chi connectivity index (χ4n) is 4.19. The van der Waals surface area contributed by atoms with Gasteiger partial charge in [0.15, 0.2) is 5.69 Å². The number of hydrogen-bond acceptors (Lipinski definition) is 3. The Balaban J connectivity index is 1.55. The maximum atomic E-state index is 13.4. The van der Waals surface area contributed by atoms with Crippen LogP contribution in [0.2, 0.25) is 0 Å². The number of carbonyl (C=O) groups excluding carboxylic acids is 1. The molecule has 0 radical (unpaired) electrons. The van der Waals surface area contributed by atoms with Crippen LogP contribution >= 0.6 is 0 Å². The van der Waals surface area contributed by atoms with Crippen LogP contribution < -0.4 is 0 Å². The molecular formula is C23H28N4O. The fraction of sp³-hybridized carbons (Fsp3) is 0.391. The summed E-state index contributed by atoms with van der Waals surface area (Å²) < 4.78 is 0. The molecule has 5 heteroatoms. The maximum absolute atomic E-state index is 13.4. The second-order valence-electron chi connectivity index (χ2n) is 7.88. The molecule has 146 valence electrons. The SMILES string of the molecule is CN1CCC[C@H](CN(CCc2ccccc2)C(=O)c2n[nH]c3ccccc23)C1. The molecule has 2 aromatic carbocycles. The highest BCUT2D eigenvalue weighted by atomic mass is 16.2. The summed E-state index contributed by atoms with van der Waals surface area (Å²) >= 11 is 0. The van der Waals surface area contributed by atoms with Crippen LogP contribution in [-0.2, 0) is 6.42 Å². The second kappa shape index (κ2) is 8.57. The highest BCUT2D eigenvalue weighted by Gasteiger charge is 2.26. The third-order valence-corrected chi connectivity index (χ3v) is 5.67. The zero-order chi connectivity index (χ0) is 19.3. The number of likely N-dealkylation sites (tertiary alicyclic amines) is 1. The number of benzene rings is 2. The molecule has 0 unspecified atom stereocenters. The van der Waals surface area contributed by atoms with E-state index in [2.05, 4.69) is 46.4 Å². The summed E-state index contributed by atoms with van der Waals surface area (Å²) in [5, 5.41) is 8.26. The zero-order valence-electron chi connectivity index (χ0n) is 16.5. The Hall–Kier alpha value is -2.66. The summed E-state index contributed by atoms with van der Waals surface area (Å²) in [5.74, 6) is 0.547. The van der Waals surface area contributed by atoms with Gasteiger partial charge in [-0.3, -0.25) is 9.89 Å². The van der Waals surface area contributed by atoms with Gasteiger partial charge in [-0.1, -0.05) is 48.5 Å². The number of rotatable bonds is 6. The van der Waals surface area contributed by atoms with Crippen LogP contribution in [0.1, 0.15) is 28.9 Å². The molecule has 28 heavy (non-hydrogen) atoms. The van der Waals surface area contributed by atoms with Gasteiger partial charge in [0.05, 0.1) is 5.52 Å². The fourth-order valence-corrected chi connectivity index (χ4v) is 4.19. The number of fused-ring (bicyclic) bond motifs is 1. The molecule has 0 aliphatic carbocycles. The summed E-state index contributed by atoms with van der Waals surface area (Å²) in [5.41, 5.74) is 2.70. The summed E-state index contributed by atoms with van der Waals surface area (Å²) in [6.45, 7) is 3.70. The van der Waals surface area contributed by atoms with Crippen molar-refractivity contribution in [1.29, 1.82) is 0 Å². The predicted octanol–water partition coefficient (Wildman–Crippen LogP) is 3.59. The molecule has 1 atom stereocenters. The zero-order valence-corrected chi connectivity index (χ0v) is 16.5. The topological polar surface area (TPSA) is 52.2 Å². The molecule has 1 aliphatic heterocycles. The van der Waals surface area contributed by atoms with Crippen LogP contribution in [0.25, 0.3) is 10.9 Å². The third kappa shape index (κ3) is 4.25. The number of para-hydroxylation sites is 1. The molecule has 4 rings (SSSR count). The molecular weight excluding hydrogens is 348 g/mol. The number of H-pyrrole nitrogens is 1. The van der Waals surface area contributed by atoms with Gasteiger partial charge >= 0.3 is 0 Å². The average molecular weight is 377 g/mol. The van der Waals surface area contributed by atoms with Crippen molar-refractivity contribution in [2.45, 2.75) is 19.3 Å². The van der Waals surface area contributed by atoms with E-state index in [1.807, 2.05) is 35.2 Å². The Morgan fingerprint density at radius 1 is 1.18 bits per heavy atom. The molecule has 1 saturated heterocycles. The van der Waals surface area contributed by atoms with E-state index in [0.717, 1.165) is 37.0 Å². The third-order valence-electron chi connectivity index (χ3n) is 5.67. The minimum absolute atomic E-state index is 0.0293. The number of aromatic nitrogens is 2. The molecule has 0 bridgehead atoms. The Kier molecular flexibility index (Phi) is 5.72. The highest BCUT2D eigenvalue weighted by Crippen LogP contribution is 2.21. The average Bonchev–Trinajstić information content (AvgIpc) is 3.15. The van der Waals surface area contributed by atoms with E-state index in [0.29, 0.717) is 18.2 Å². The van der Waals surface area contributed by atoms with Crippen LogP contribution in [0.15, 0.2) is 54.6 Å². The molecule has 3 aromatic rings. The van der Waals surface area contributed by atoms with Gasteiger partial charge in [0, 0.05) is 25.0 Å². The molecule has 0 saturated carbocycles. The summed E-state index contributed by atoms with van der Waals surface area (Å²) in [6.07, 6.45) is 3.24. The Bertz CT molecular complexity index is 921. The molecule has 1 aliphatic rings. The molecule has 0 spiro atoms. The van der Waals surface area contributed by atoms with Crippen LogP contribution in [-0.4, -0.2) is 59.1 Å². The van der Waals surface area contributed by atoms with Crippen molar-refractivity contribution in [3.05, 3.63) is 65.9 Å². The van der Waals surface area contributed by atoms with Gasteiger partial charge in [0.1, 0.15) is 0 Å². The molecule has 5 nitrogen and oxygen atoms in total. The van der Waals surface area contributed by atoms with E-state index in [-0.39, 0.29) is 5.91 Å². The van der Waals surface area contributed by atoms with Gasteiger partial charge in [-0.05, 0) is 50.4 Å². The normalized spacial score (nSPS) is 17.7. The van der Waals surface area contributed by atoms with Crippen LogP contribution in [0.3, 0.4) is 0 Å². The first-order chi connectivity index (χ1) is 13.7. The van der Waals surface area contributed by atoms with E-state index in [4.69, 9.17) is 0 Å². The lowest BCUT2D eigenvalue weighted by molar-refractivity contribution is 0.0689. The first-order valence-corrected chi connectivity index (χ1v) is 10.2. The second-order valence-corrected chi connectivity index (χ2v) is 7.88. The van der Waals surface area contributed by atoms with Crippen molar-refractivity contribution in [3.63, 3.8) is 0 Å². The lowest BCUT2D eigenvalue weighted by Gasteiger charge is -2.33. The Morgan fingerprint density at radius 2 is 1.96 bits per heavy atom. The van der Waals surface area contributed by atoms with Crippen molar-refractivity contribution in [1.82, 2.24) is 20.0 Å². The van der Waals surface area contributed by atoms with E-state index in [1.165, 1.54) is 18.4 Å². The van der Waals surface area contributed by atoms with Gasteiger partial charge in [-0.25, -0.2) is 0 Å². The minimum Gasteiger partial charge on any atom is -0.337 e. The lowest BCUT2D eigenvalue weighted by Crippen LogP contribution is -2.42. The number of carbonyl (C=O) groups is 1. The van der Waals surface area contributed by atoms with Crippen molar-refractivity contribution >= 4 is 16.8 Å². The van der Waals surface area contributed by atoms with Gasteiger partial charge in [-0.2, -0.15) is 5.10 Å². The summed E-state index contributed by atoms with van der Waals surface area (Å²) in [6, 6.07) is 18.2. The Labute approximate surface area is 166 Å². The predicted molar refractivity (Wildman–Crippen MR) is 112 cm³/mol. The van der Waals surface area contributed by atoms with Gasteiger partial charge < -0.3 is 9.80 Å². The number of piperidine rings is 1. The number of amides is 1. The van der Waals surface area contributed by atoms with Crippen molar-refractivity contribution in [2.75, 3.05) is 33.2 Å². The number of nitrogens with zero attached hydrogens (tertiary/aromatic N) is 3. The molecule has 1 aromatic heterocycles. The van der Waals surface area contributed by atoms with Gasteiger partial charge in [-0.15, -0.1) is 0 Å².